The highest BCUT2D eigenvalue weighted by molar-refractivity contribution is 6.31. The third-order valence-electron chi connectivity index (χ3n) is 4.21. The normalized spacial score (nSPS) is 16.3. The third kappa shape index (κ3) is 4.83. The van der Waals surface area contributed by atoms with E-state index in [-0.39, 0.29) is 18.9 Å². The monoisotopic (exact) mass is 386 g/mol. The molecule has 4 amide bonds. The fraction of sp³-hybridized carbons (Fsp3) is 0.263. The molecule has 1 aromatic heterocycles. The molecule has 0 unspecified atom stereocenters. The minimum absolute atomic E-state index is 0.0716. The first-order valence-corrected chi connectivity index (χ1v) is 8.94. The molecular weight excluding hydrogens is 368 g/mol. The van der Waals surface area contributed by atoms with Crippen molar-refractivity contribution in [1.29, 1.82) is 0 Å². The summed E-state index contributed by atoms with van der Waals surface area (Å²) in [4.78, 5) is 41.9. The lowest BCUT2D eigenvalue weighted by Gasteiger charge is -2.14. The van der Waals surface area contributed by atoms with Crippen molar-refractivity contribution < 1.29 is 14.4 Å². The fourth-order valence-electron chi connectivity index (χ4n) is 2.80. The Morgan fingerprint density at radius 1 is 1.19 bits per heavy atom. The summed E-state index contributed by atoms with van der Waals surface area (Å²) in [5, 5.41) is 5.78. The number of aromatic nitrogens is 1. The van der Waals surface area contributed by atoms with Gasteiger partial charge in [-0.1, -0.05) is 35.9 Å². The Morgan fingerprint density at radius 3 is 2.70 bits per heavy atom. The van der Waals surface area contributed by atoms with E-state index in [1.165, 1.54) is 0 Å². The van der Waals surface area contributed by atoms with Crippen molar-refractivity contribution >= 4 is 29.4 Å². The SMILES string of the molecule is O=C(C[C@H]1NC(=O)N(Cc2ccccc2Cl)C1=O)NCCc1ccccn1. The zero-order valence-electron chi connectivity index (χ0n) is 14.5. The number of hydrogen-bond acceptors (Lipinski definition) is 4. The van der Waals surface area contributed by atoms with E-state index in [1.54, 1.807) is 30.5 Å². The number of imide groups is 1. The molecule has 0 bridgehead atoms. The van der Waals surface area contributed by atoms with Gasteiger partial charge in [-0.2, -0.15) is 0 Å². The molecule has 2 aromatic rings. The molecule has 2 heterocycles. The average molecular weight is 387 g/mol. The van der Waals surface area contributed by atoms with E-state index >= 15 is 0 Å². The standard InChI is InChI=1S/C19H19ClN4O3/c20-15-7-2-1-5-13(15)12-24-18(26)16(23-19(24)27)11-17(25)22-10-8-14-6-3-4-9-21-14/h1-7,9,16H,8,10-12H2,(H,22,25)(H,23,27)/t16-/m1/s1. The number of carbonyl (C=O) groups excluding carboxylic acids is 3. The van der Waals surface area contributed by atoms with Gasteiger partial charge in [0.1, 0.15) is 6.04 Å². The Bertz CT molecular complexity index is 844. The van der Waals surface area contributed by atoms with Gasteiger partial charge in [0.25, 0.3) is 5.91 Å². The molecule has 1 aromatic carbocycles. The van der Waals surface area contributed by atoms with Crippen molar-refractivity contribution in [2.24, 2.45) is 0 Å². The summed E-state index contributed by atoms with van der Waals surface area (Å²) >= 11 is 6.09. The molecule has 3 rings (SSSR count). The lowest BCUT2D eigenvalue weighted by Crippen LogP contribution is -2.37. The van der Waals surface area contributed by atoms with Gasteiger partial charge in [-0.3, -0.25) is 19.5 Å². The summed E-state index contributed by atoms with van der Waals surface area (Å²) in [5.41, 5.74) is 1.54. The number of halogens is 1. The smallest absolute Gasteiger partial charge is 0.325 e. The predicted octanol–water partition coefficient (Wildman–Crippen LogP) is 1.90. The second-order valence-electron chi connectivity index (χ2n) is 6.14. The van der Waals surface area contributed by atoms with E-state index in [9.17, 15) is 14.4 Å². The van der Waals surface area contributed by atoms with Gasteiger partial charge in [0, 0.05) is 29.9 Å². The quantitative estimate of drug-likeness (QED) is 0.711. The zero-order chi connectivity index (χ0) is 19.2. The number of urea groups is 1. The van der Waals surface area contributed by atoms with Gasteiger partial charge in [-0.25, -0.2) is 4.79 Å². The molecule has 1 atom stereocenters. The molecule has 1 saturated heterocycles. The highest BCUT2D eigenvalue weighted by Crippen LogP contribution is 2.20. The van der Waals surface area contributed by atoms with E-state index < -0.39 is 18.0 Å². The molecule has 0 saturated carbocycles. The van der Waals surface area contributed by atoms with Crippen molar-refractivity contribution in [2.45, 2.75) is 25.4 Å². The molecule has 1 aliphatic heterocycles. The number of nitrogens with zero attached hydrogens (tertiary/aromatic N) is 2. The zero-order valence-corrected chi connectivity index (χ0v) is 15.3. The largest absolute Gasteiger partial charge is 0.356 e. The summed E-state index contributed by atoms with van der Waals surface area (Å²) in [6, 6.07) is 11.2. The first kappa shape index (κ1) is 18.8. The van der Waals surface area contributed by atoms with Gasteiger partial charge < -0.3 is 10.6 Å². The molecule has 7 nitrogen and oxygen atoms in total. The Balaban J connectivity index is 1.50. The number of amides is 4. The van der Waals surface area contributed by atoms with Crippen molar-refractivity contribution in [2.75, 3.05) is 6.54 Å². The molecule has 0 radical (unpaired) electrons. The van der Waals surface area contributed by atoms with E-state index in [1.807, 2.05) is 18.2 Å². The van der Waals surface area contributed by atoms with Crippen molar-refractivity contribution in [3.63, 3.8) is 0 Å². The van der Waals surface area contributed by atoms with Crippen LogP contribution >= 0.6 is 11.6 Å². The van der Waals surface area contributed by atoms with E-state index in [4.69, 9.17) is 11.6 Å². The molecule has 1 fully saturated rings. The van der Waals surface area contributed by atoms with Crippen molar-refractivity contribution in [3.05, 3.63) is 64.9 Å². The molecule has 8 heteroatoms. The molecule has 1 aliphatic rings. The molecule has 2 N–H and O–H groups in total. The average Bonchev–Trinajstić information content (AvgIpc) is 2.91. The first-order valence-electron chi connectivity index (χ1n) is 8.56. The second kappa shape index (κ2) is 8.64. The minimum Gasteiger partial charge on any atom is -0.356 e. The topological polar surface area (TPSA) is 91.4 Å². The Hall–Kier alpha value is -2.93. The van der Waals surface area contributed by atoms with E-state index in [2.05, 4.69) is 15.6 Å². The van der Waals surface area contributed by atoms with Crippen molar-refractivity contribution in [3.8, 4) is 0 Å². The lowest BCUT2D eigenvalue weighted by atomic mass is 10.1. The number of hydrogen-bond donors (Lipinski definition) is 2. The highest BCUT2D eigenvalue weighted by atomic mass is 35.5. The minimum atomic E-state index is -0.866. The highest BCUT2D eigenvalue weighted by Gasteiger charge is 2.39. The van der Waals surface area contributed by atoms with Crippen LogP contribution in [0.15, 0.2) is 48.7 Å². The van der Waals surface area contributed by atoms with Crippen LogP contribution in [-0.4, -0.2) is 40.3 Å². The maximum atomic E-state index is 12.5. The second-order valence-corrected chi connectivity index (χ2v) is 6.55. The molecule has 0 spiro atoms. The summed E-state index contributed by atoms with van der Waals surface area (Å²) in [7, 11) is 0. The van der Waals surface area contributed by atoms with Crippen LogP contribution in [0.3, 0.4) is 0 Å². The Morgan fingerprint density at radius 2 is 1.96 bits per heavy atom. The number of nitrogens with one attached hydrogen (secondary N) is 2. The summed E-state index contributed by atoms with van der Waals surface area (Å²) in [6.07, 6.45) is 2.18. The predicted molar refractivity (Wildman–Crippen MR) is 99.9 cm³/mol. The van der Waals surface area contributed by atoms with Crippen LogP contribution in [0, 0.1) is 0 Å². The van der Waals surface area contributed by atoms with Crippen LogP contribution < -0.4 is 10.6 Å². The van der Waals surface area contributed by atoms with Crippen LogP contribution in [-0.2, 0) is 22.6 Å². The fourth-order valence-corrected chi connectivity index (χ4v) is 2.99. The van der Waals surface area contributed by atoms with Crippen LogP contribution in [0.5, 0.6) is 0 Å². The third-order valence-corrected chi connectivity index (χ3v) is 4.58. The van der Waals surface area contributed by atoms with Gasteiger partial charge in [0.05, 0.1) is 13.0 Å². The van der Waals surface area contributed by atoms with E-state index in [0.29, 0.717) is 23.6 Å². The first-order chi connectivity index (χ1) is 13.0. The molecule has 27 heavy (non-hydrogen) atoms. The number of rotatable bonds is 7. The maximum absolute atomic E-state index is 12.5. The molecule has 0 aliphatic carbocycles. The van der Waals surface area contributed by atoms with Crippen LogP contribution in [0.4, 0.5) is 4.79 Å². The van der Waals surface area contributed by atoms with Crippen LogP contribution in [0.1, 0.15) is 17.7 Å². The van der Waals surface area contributed by atoms with Gasteiger partial charge in [0.15, 0.2) is 0 Å². The summed E-state index contributed by atoms with van der Waals surface area (Å²) in [5.74, 6) is -0.732. The van der Waals surface area contributed by atoms with Gasteiger partial charge in [-0.15, -0.1) is 0 Å². The summed E-state index contributed by atoms with van der Waals surface area (Å²) in [6.45, 7) is 0.482. The number of carbonyl (C=O) groups is 3. The number of benzene rings is 1. The van der Waals surface area contributed by atoms with Crippen LogP contribution in [0.2, 0.25) is 5.02 Å². The van der Waals surface area contributed by atoms with E-state index in [0.717, 1.165) is 10.6 Å². The van der Waals surface area contributed by atoms with Gasteiger partial charge >= 0.3 is 6.03 Å². The van der Waals surface area contributed by atoms with Crippen molar-refractivity contribution in [1.82, 2.24) is 20.5 Å². The number of pyridine rings is 1. The van der Waals surface area contributed by atoms with Crippen LogP contribution in [0.25, 0.3) is 0 Å². The van der Waals surface area contributed by atoms with Gasteiger partial charge in [-0.05, 0) is 23.8 Å². The molecule has 140 valence electrons. The lowest BCUT2D eigenvalue weighted by molar-refractivity contribution is -0.131. The van der Waals surface area contributed by atoms with Gasteiger partial charge in [0.2, 0.25) is 5.91 Å². The maximum Gasteiger partial charge on any atom is 0.325 e. The Labute approximate surface area is 161 Å². The summed E-state index contributed by atoms with van der Waals surface area (Å²) < 4.78 is 0. The molecular formula is C19H19ClN4O3. The Kier molecular flexibility index (Phi) is 6.03.